The summed E-state index contributed by atoms with van der Waals surface area (Å²) in [6.45, 7) is 0. The molecule has 0 spiro atoms. The zero-order chi connectivity index (χ0) is 6.62. The quantitative estimate of drug-likeness (QED) is 0.420. The summed E-state index contributed by atoms with van der Waals surface area (Å²) >= 11 is 0. The third kappa shape index (κ3) is 1.73. The first-order valence-corrected chi connectivity index (χ1v) is 1.97. The summed E-state index contributed by atoms with van der Waals surface area (Å²) in [6.07, 6.45) is 0. The van der Waals surface area contributed by atoms with Crippen molar-refractivity contribution in [3.8, 4) is 0 Å². The lowest BCUT2D eigenvalue weighted by Crippen LogP contribution is -2.40. The Morgan fingerprint density at radius 2 is 1.25 bits per heavy atom. The molecule has 50 valence electrons. The van der Waals surface area contributed by atoms with E-state index in [0.717, 1.165) is 0 Å². The molecule has 0 aliphatic carbocycles. The van der Waals surface area contributed by atoms with Crippen LogP contribution in [0.2, 0.25) is 0 Å². The van der Waals surface area contributed by atoms with E-state index in [4.69, 9.17) is 5.21 Å². The van der Waals surface area contributed by atoms with E-state index in [-0.39, 0.29) is 0 Å². The van der Waals surface area contributed by atoms with Gasteiger partial charge in [0.2, 0.25) is 5.14 Å². The molecule has 0 fully saturated rings. The van der Waals surface area contributed by atoms with Crippen molar-refractivity contribution in [1.82, 2.24) is 0 Å². The minimum Gasteiger partial charge on any atom is -0.110 e. The van der Waals surface area contributed by atoms with Gasteiger partial charge in [0.05, 0.1) is 0 Å². The lowest BCUT2D eigenvalue weighted by atomic mass is 11.7. The Hall–Kier alpha value is -0.200. The van der Waals surface area contributed by atoms with Crippen molar-refractivity contribution in [2.45, 2.75) is 0 Å². The Morgan fingerprint density at radius 3 is 1.25 bits per heavy atom. The number of rotatable bonds is 3. The predicted molar refractivity (Wildman–Crippen MR) is 23.1 cm³/mol. The van der Waals surface area contributed by atoms with Gasteiger partial charge in [-0.2, -0.15) is 0 Å². The smallest absolute Gasteiger partial charge is 0.110 e. The molecular weight excluding hydrogens is 114 g/mol. The molecule has 0 aromatic rings. The molecule has 0 saturated carbocycles. The van der Waals surface area contributed by atoms with E-state index < -0.39 is 5.14 Å². The van der Waals surface area contributed by atoms with Gasteiger partial charge in [0.15, 0.2) is 0 Å². The third-order valence-electron chi connectivity index (χ3n) is 0.692. The molecule has 0 radical (unpaired) electrons. The van der Waals surface area contributed by atoms with E-state index in [1.807, 2.05) is 0 Å². The van der Waals surface area contributed by atoms with Crippen LogP contribution in [0.4, 0.5) is 0 Å². The molecule has 0 heterocycles. The summed E-state index contributed by atoms with van der Waals surface area (Å²) in [4.78, 5) is 12.9. The lowest BCUT2D eigenvalue weighted by Gasteiger charge is -2.13. The van der Waals surface area contributed by atoms with Crippen LogP contribution in [0.25, 0.3) is 0 Å². The molecule has 0 bridgehead atoms. The highest BCUT2D eigenvalue weighted by Crippen LogP contribution is 1.99. The van der Waals surface area contributed by atoms with Gasteiger partial charge in [-0.05, 0) is 0 Å². The number of hydrogen-bond acceptors (Lipinski definition) is 4. The second-order valence-corrected chi connectivity index (χ2v) is 1.02. The molecule has 0 amide bonds. The van der Waals surface area contributed by atoms with Crippen LogP contribution in [0.3, 0.4) is 0 Å². The Morgan fingerprint density at radius 1 is 1.00 bits per heavy atom. The number of nitrogens with zero attached hydrogens (tertiary/aromatic N) is 1. The van der Waals surface area contributed by atoms with E-state index in [9.17, 15) is 0 Å². The van der Waals surface area contributed by atoms with Crippen LogP contribution < -0.4 is 0 Å². The van der Waals surface area contributed by atoms with Gasteiger partial charge < -0.3 is 0 Å². The highest BCUT2D eigenvalue weighted by atomic mass is 17.3. The van der Waals surface area contributed by atoms with Gasteiger partial charge in [0.25, 0.3) is 0 Å². The molecule has 0 aromatic carbocycles. The summed E-state index contributed by atoms with van der Waals surface area (Å²) in [5.41, 5.74) is 0. The Labute approximate surface area is 47.4 Å². The zero-order valence-corrected chi connectivity index (χ0v) is 5.12. The number of hydrogen-bond donors (Lipinski definition) is 1. The van der Waals surface area contributed by atoms with Crippen molar-refractivity contribution in [1.29, 1.82) is 0 Å². The van der Waals surface area contributed by atoms with Crippen molar-refractivity contribution < 1.29 is 24.9 Å². The standard InChI is InChI=1S/C3H10NO4/c1-6-4(5,7-2)8-3/h5H,1-3H3/q+1. The van der Waals surface area contributed by atoms with Gasteiger partial charge >= 0.3 is 0 Å². The minimum atomic E-state index is -1.29. The first-order valence-electron chi connectivity index (χ1n) is 1.97. The highest BCUT2D eigenvalue weighted by molar-refractivity contribution is 3.50. The Balaban J connectivity index is 3.58. The average Bonchev–Trinajstić information content (AvgIpc) is 1.87. The zero-order valence-electron chi connectivity index (χ0n) is 5.12. The van der Waals surface area contributed by atoms with Crippen LogP contribution in [0.1, 0.15) is 0 Å². The van der Waals surface area contributed by atoms with E-state index >= 15 is 0 Å². The fraction of sp³-hybridized carbons (Fsp3) is 1.00. The van der Waals surface area contributed by atoms with Crippen LogP contribution in [0.5, 0.6) is 0 Å². The molecule has 0 unspecified atom stereocenters. The second kappa shape index (κ2) is 2.95. The van der Waals surface area contributed by atoms with Crippen molar-refractivity contribution in [2.75, 3.05) is 21.3 Å². The maximum atomic E-state index is 8.71. The van der Waals surface area contributed by atoms with Gasteiger partial charge in [-0.3, -0.25) is 0 Å². The van der Waals surface area contributed by atoms with Crippen molar-refractivity contribution in [2.24, 2.45) is 0 Å². The van der Waals surface area contributed by atoms with Gasteiger partial charge in [0.1, 0.15) is 21.3 Å². The van der Waals surface area contributed by atoms with Crippen molar-refractivity contribution >= 4 is 0 Å². The summed E-state index contributed by atoms with van der Waals surface area (Å²) < 4.78 is 0. The lowest BCUT2D eigenvalue weighted by molar-refractivity contribution is -1.47. The molecule has 5 heteroatoms. The maximum Gasteiger partial charge on any atom is 0.244 e. The molecule has 1 N–H and O–H groups in total. The number of quaternary nitrogens is 1. The van der Waals surface area contributed by atoms with Crippen molar-refractivity contribution in [3.05, 3.63) is 0 Å². The molecule has 0 aliphatic rings. The topological polar surface area (TPSA) is 47.9 Å². The monoisotopic (exact) mass is 124 g/mol. The molecule has 0 aliphatic heterocycles. The second-order valence-electron chi connectivity index (χ2n) is 1.02. The van der Waals surface area contributed by atoms with Crippen LogP contribution in [0, 0.1) is 0 Å². The third-order valence-corrected chi connectivity index (χ3v) is 0.692. The van der Waals surface area contributed by atoms with Gasteiger partial charge in [-0.1, -0.05) is 14.5 Å². The Bertz CT molecular complexity index is 54.0. The summed E-state index contributed by atoms with van der Waals surface area (Å²) in [5.74, 6) is 0. The molecule has 0 atom stereocenters. The molecule has 0 aromatic heterocycles. The summed E-state index contributed by atoms with van der Waals surface area (Å²) in [7, 11) is 3.73. The molecular formula is C3H10NO4+. The largest absolute Gasteiger partial charge is 0.244 e. The van der Waals surface area contributed by atoms with Crippen LogP contribution >= 0.6 is 0 Å². The Kier molecular flexibility index (Phi) is 2.88. The fourth-order valence-electron chi connectivity index (χ4n) is 0.224. The molecule has 0 saturated heterocycles. The highest BCUT2D eigenvalue weighted by Gasteiger charge is 2.26. The van der Waals surface area contributed by atoms with Gasteiger partial charge in [-0.25, -0.2) is 0 Å². The SMILES string of the molecule is CO[N+](O)(OC)OC. The van der Waals surface area contributed by atoms with Crippen LogP contribution in [-0.2, 0) is 14.5 Å². The first kappa shape index (κ1) is 7.80. The minimum absolute atomic E-state index is 1.24. The van der Waals surface area contributed by atoms with Gasteiger partial charge in [0, 0.05) is 0 Å². The van der Waals surface area contributed by atoms with Crippen LogP contribution in [0.15, 0.2) is 0 Å². The van der Waals surface area contributed by atoms with Crippen LogP contribution in [-0.4, -0.2) is 31.7 Å². The van der Waals surface area contributed by atoms with Gasteiger partial charge in [-0.15, -0.1) is 5.21 Å². The first-order chi connectivity index (χ1) is 3.68. The van der Waals surface area contributed by atoms with E-state index in [1.165, 1.54) is 21.3 Å². The van der Waals surface area contributed by atoms with Crippen molar-refractivity contribution in [3.63, 3.8) is 0 Å². The maximum absolute atomic E-state index is 8.71. The fourth-order valence-corrected chi connectivity index (χ4v) is 0.224. The van der Waals surface area contributed by atoms with E-state index in [1.54, 1.807) is 0 Å². The van der Waals surface area contributed by atoms with E-state index in [2.05, 4.69) is 14.5 Å². The molecule has 8 heavy (non-hydrogen) atoms. The van der Waals surface area contributed by atoms with E-state index in [0.29, 0.717) is 0 Å². The molecule has 5 nitrogen and oxygen atoms in total. The molecule has 0 rings (SSSR count). The summed E-state index contributed by atoms with van der Waals surface area (Å²) in [6, 6.07) is 0. The predicted octanol–water partition coefficient (Wildman–Crippen LogP) is -0.123. The normalized spacial score (nSPS) is 12.0. The summed E-state index contributed by atoms with van der Waals surface area (Å²) in [5, 5.41) is 7.42. The average molecular weight is 124 g/mol.